The van der Waals surface area contributed by atoms with Gasteiger partial charge in [-0.1, -0.05) is 6.08 Å². The third kappa shape index (κ3) is 1.59. The van der Waals surface area contributed by atoms with E-state index in [4.69, 9.17) is 10.8 Å². The number of imidazole rings is 1. The third-order valence-corrected chi connectivity index (χ3v) is 3.27. The molecule has 3 N–H and O–H groups in total. The first-order valence-corrected chi connectivity index (χ1v) is 5.67. The molecule has 0 fully saturated rings. The second-order valence-corrected chi connectivity index (χ2v) is 4.30. The molecule has 2 heterocycles. The van der Waals surface area contributed by atoms with E-state index in [0.29, 0.717) is 5.82 Å². The summed E-state index contributed by atoms with van der Waals surface area (Å²) >= 11 is 0. The van der Waals surface area contributed by atoms with Gasteiger partial charge in [-0.25, -0.2) is 9.97 Å². The smallest absolute Gasteiger partial charge is 0.151 e. The van der Waals surface area contributed by atoms with Crippen molar-refractivity contribution >= 4 is 16.9 Å². The van der Waals surface area contributed by atoms with Crippen LogP contribution in [0.3, 0.4) is 0 Å². The van der Waals surface area contributed by atoms with Crippen molar-refractivity contribution in [3.8, 4) is 0 Å². The Hall–Kier alpha value is -1.88. The molecule has 0 spiro atoms. The minimum Gasteiger partial charge on any atom is -0.392 e. The molecule has 0 aliphatic heterocycles. The predicted octanol–water partition coefficient (Wildman–Crippen LogP) is 1.27. The van der Waals surface area contributed by atoms with E-state index in [-0.39, 0.29) is 12.6 Å². The summed E-state index contributed by atoms with van der Waals surface area (Å²) in [6, 6.07) is 2.19. The number of hydrogen-bond acceptors (Lipinski definition) is 4. The minimum absolute atomic E-state index is 0.146. The van der Waals surface area contributed by atoms with Gasteiger partial charge in [-0.15, -0.1) is 0 Å². The lowest BCUT2D eigenvalue weighted by Gasteiger charge is -2.10. The average Bonchev–Trinajstić information content (AvgIpc) is 2.94. The highest BCUT2D eigenvalue weighted by Gasteiger charge is 2.19. The molecule has 2 aromatic heterocycles. The van der Waals surface area contributed by atoms with Crippen LogP contribution in [0.1, 0.15) is 18.9 Å². The van der Waals surface area contributed by atoms with E-state index in [2.05, 4.69) is 20.6 Å². The van der Waals surface area contributed by atoms with E-state index < -0.39 is 0 Å². The van der Waals surface area contributed by atoms with Gasteiger partial charge < -0.3 is 15.4 Å². The van der Waals surface area contributed by atoms with Gasteiger partial charge in [-0.3, -0.25) is 0 Å². The zero-order chi connectivity index (χ0) is 11.8. The second-order valence-electron chi connectivity index (χ2n) is 4.30. The van der Waals surface area contributed by atoms with Crippen molar-refractivity contribution in [3.05, 3.63) is 30.2 Å². The predicted molar refractivity (Wildman–Crippen MR) is 65.4 cm³/mol. The van der Waals surface area contributed by atoms with Crippen LogP contribution in [0.5, 0.6) is 0 Å². The molecule has 0 saturated heterocycles. The highest BCUT2D eigenvalue weighted by molar-refractivity contribution is 5.84. The first kappa shape index (κ1) is 10.3. The fourth-order valence-electron chi connectivity index (χ4n) is 2.37. The lowest BCUT2D eigenvalue weighted by atomic mass is 10.2. The van der Waals surface area contributed by atoms with Gasteiger partial charge in [0.05, 0.1) is 24.5 Å². The summed E-state index contributed by atoms with van der Waals surface area (Å²) in [5.41, 5.74) is 8.62. The Bertz CT molecular complexity index is 587. The SMILES string of the molecule is Nc1nccc2c1ncn2[C@@H]1C=C(CO)CC1. The molecule has 5 nitrogen and oxygen atoms in total. The molecule has 0 aromatic carbocycles. The van der Waals surface area contributed by atoms with Gasteiger partial charge in [0, 0.05) is 6.20 Å². The lowest BCUT2D eigenvalue weighted by Crippen LogP contribution is -2.02. The fourth-order valence-corrected chi connectivity index (χ4v) is 2.37. The molecule has 0 saturated carbocycles. The van der Waals surface area contributed by atoms with Crippen LogP contribution in [-0.4, -0.2) is 26.2 Å². The molecule has 0 bridgehead atoms. The van der Waals surface area contributed by atoms with Crippen LogP contribution in [0.2, 0.25) is 0 Å². The van der Waals surface area contributed by atoms with Crippen LogP contribution < -0.4 is 5.73 Å². The molecule has 1 aliphatic carbocycles. The Morgan fingerprint density at radius 2 is 2.35 bits per heavy atom. The molecule has 0 unspecified atom stereocenters. The van der Waals surface area contributed by atoms with E-state index in [1.807, 2.05) is 6.07 Å². The summed E-state index contributed by atoms with van der Waals surface area (Å²) in [4.78, 5) is 8.32. The molecular formula is C12H14N4O. The summed E-state index contributed by atoms with van der Waals surface area (Å²) in [7, 11) is 0. The maximum absolute atomic E-state index is 9.12. The summed E-state index contributed by atoms with van der Waals surface area (Å²) in [6.07, 6.45) is 7.55. The molecule has 1 atom stereocenters. The summed E-state index contributed by atoms with van der Waals surface area (Å²) < 4.78 is 2.09. The summed E-state index contributed by atoms with van der Waals surface area (Å²) in [5, 5.41) is 9.12. The van der Waals surface area contributed by atoms with E-state index in [9.17, 15) is 0 Å². The Labute approximate surface area is 98.6 Å². The van der Waals surface area contributed by atoms with Crippen molar-refractivity contribution < 1.29 is 5.11 Å². The first-order valence-electron chi connectivity index (χ1n) is 5.67. The van der Waals surface area contributed by atoms with Crippen molar-refractivity contribution in [1.82, 2.24) is 14.5 Å². The Kier molecular flexibility index (Phi) is 2.33. The summed E-state index contributed by atoms with van der Waals surface area (Å²) in [6.45, 7) is 0.146. The number of aromatic nitrogens is 3. The fraction of sp³-hybridized carbons (Fsp3) is 0.333. The number of aliphatic hydroxyl groups is 1. The maximum Gasteiger partial charge on any atom is 0.151 e. The van der Waals surface area contributed by atoms with E-state index in [1.165, 1.54) is 0 Å². The molecule has 0 radical (unpaired) electrons. The number of rotatable bonds is 2. The normalized spacial score (nSPS) is 19.8. The standard InChI is InChI=1S/C12H14N4O/c13-12-11-10(3-4-14-12)16(7-15-11)9-2-1-8(5-9)6-17/h3-5,7,9,17H,1-2,6H2,(H2,13,14)/t9-/m0/s1. The first-order chi connectivity index (χ1) is 8.29. The number of nitrogens with two attached hydrogens (primary N) is 1. The monoisotopic (exact) mass is 230 g/mol. The van der Waals surface area contributed by atoms with Crippen LogP contribution in [0.15, 0.2) is 30.2 Å². The van der Waals surface area contributed by atoms with E-state index in [0.717, 1.165) is 29.4 Å². The van der Waals surface area contributed by atoms with Crippen LogP contribution in [0, 0.1) is 0 Å². The number of allylic oxidation sites excluding steroid dienone is 1. The second kappa shape index (κ2) is 3.85. The number of nitrogen functional groups attached to an aromatic ring is 1. The maximum atomic E-state index is 9.12. The lowest BCUT2D eigenvalue weighted by molar-refractivity contribution is 0.328. The number of aliphatic hydroxyl groups excluding tert-OH is 1. The molecular weight excluding hydrogens is 216 g/mol. The van der Waals surface area contributed by atoms with Gasteiger partial charge in [0.1, 0.15) is 5.52 Å². The Balaban J connectivity index is 2.07. The molecule has 88 valence electrons. The molecule has 0 amide bonds. The Morgan fingerprint density at radius 3 is 3.12 bits per heavy atom. The van der Waals surface area contributed by atoms with Gasteiger partial charge in [0.15, 0.2) is 5.82 Å². The number of hydrogen-bond donors (Lipinski definition) is 2. The van der Waals surface area contributed by atoms with Crippen molar-refractivity contribution in [3.63, 3.8) is 0 Å². The van der Waals surface area contributed by atoms with E-state index in [1.54, 1.807) is 12.5 Å². The molecule has 5 heteroatoms. The van der Waals surface area contributed by atoms with Crippen LogP contribution in [0.25, 0.3) is 11.0 Å². The van der Waals surface area contributed by atoms with Crippen LogP contribution in [0.4, 0.5) is 5.82 Å². The zero-order valence-electron chi connectivity index (χ0n) is 9.37. The third-order valence-electron chi connectivity index (χ3n) is 3.27. The van der Waals surface area contributed by atoms with Gasteiger partial charge in [-0.2, -0.15) is 0 Å². The molecule has 1 aliphatic rings. The number of nitrogens with zero attached hydrogens (tertiary/aromatic N) is 3. The zero-order valence-corrected chi connectivity index (χ0v) is 9.37. The van der Waals surface area contributed by atoms with Crippen molar-refractivity contribution in [2.24, 2.45) is 0 Å². The van der Waals surface area contributed by atoms with Gasteiger partial charge in [0.25, 0.3) is 0 Å². The largest absolute Gasteiger partial charge is 0.392 e. The molecule has 2 aromatic rings. The van der Waals surface area contributed by atoms with Crippen molar-refractivity contribution in [2.75, 3.05) is 12.3 Å². The molecule has 3 rings (SSSR count). The topological polar surface area (TPSA) is 77.0 Å². The highest BCUT2D eigenvalue weighted by atomic mass is 16.3. The van der Waals surface area contributed by atoms with Crippen LogP contribution >= 0.6 is 0 Å². The van der Waals surface area contributed by atoms with Crippen LogP contribution in [-0.2, 0) is 0 Å². The number of pyridine rings is 1. The number of fused-ring (bicyclic) bond motifs is 1. The highest BCUT2D eigenvalue weighted by Crippen LogP contribution is 2.31. The van der Waals surface area contributed by atoms with Crippen molar-refractivity contribution in [1.29, 1.82) is 0 Å². The van der Waals surface area contributed by atoms with Gasteiger partial charge in [0.2, 0.25) is 0 Å². The van der Waals surface area contributed by atoms with Gasteiger partial charge >= 0.3 is 0 Å². The van der Waals surface area contributed by atoms with Crippen molar-refractivity contribution in [2.45, 2.75) is 18.9 Å². The quantitative estimate of drug-likeness (QED) is 0.761. The average molecular weight is 230 g/mol. The molecule has 17 heavy (non-hydrogen) atoms. The van der Waals surface area contributed by atoms with E-state index >= 15 is 0 Å². The van der Waals surface area contributed by atoms with Gasteiger partial charge in [-0.05, 0) is 24.5 Å². The minimum atomic E-state index is 0.146. The number of anilines is 1. The summed E-state index contributed by atoms with van der Waals surface area (Å²) in [5.74, 6) is 0.464. The Morgan fingerprint density at radius 1 is 1.47 bits per heavy atom.